The van der Waals surface area contributed by atoms with E-state index in [1.54, 1.807) is 30.2 Å². The molecule has 1 aromatic heterocycles. The third-order valence-electron chi connectivity index (χ3n) is 2.94. The molecule has 2 rings (SSSR count). The van der Waals surface area contributed by atoms with Gasteiger partial charge in [0.05, 0.1) is 16.8 Å². The third-order valence-corrected chi connectivity index (χ3v) is 5.34. The summed E-state index contributed by atoms with van der Waals surface area (Å²) in [5.41, 5.74) is 6.26. The van der Waals surface area contributed by atoms with E-state index in [-0.39, 0.29) is 11.9 Å². The molecule has 0 aliphatic carbocycles. The summed E-state index contributed by atoms with van der Waals surface area (Å²) in [6, 6.07) is 8.08. The molecular formula is C15H20N4O2S3. The first-order valence-electron chi connectivity index (χ1n) is 7.41. The van der Waals surface area contributed by atoms with Gasteiger partial charge in [0.2, 0.25) is 5.91 Å². The molecule has 0 radical (unpaired) electrons. The van der Waals surface area contributed by atoms with E-state index >= 15 is 0 Å². The highest BCUT2D eigenvalue weighted by atomic mass is 32.2. The lowest BCUT2D eigenvalue weighted by molar-refractivity contribution is -0.121. The number of rotatable bonds is 7. The Balaban J connectivity index is 1.65. The smallest absolute Gasteiger partial charge is 0.239 e. The van der Waals surface area contributed by atoms with E-state index in [0.717, 1.165) is 14.6 Å². The van der Waals surface area contributed by atoms with Gasteiger partial charge in [0.25, 0.3) is 0 Å². The van der Waals surface area contributed by atoms with Crippen molar-refractivity contribution in [3.63, 3.8) is 0 Å². The number of hydrogen-bond donors (Lipinski definition) is 3. The number of carbonyl (C=O) groups excluding carboxylic acids is 1. The van der Waals surface area contributed by atoms with Crippen LogP contribution in [0.5, 0.6) is 0 Å². The SMILES string of the molecule is COC[C@@H](C)NC(=S)NNC(=O)CCSc1nc2ccccc2s1. The standard InChI is InChI=1S/C15H20N4O2S3/c1-10(9-21-2)16-14(22)19-18-13(20)7-8-23-15-17-11-5-3-4-6-12(11)24-15/h3-6,10H,7-9H2,1-2H3,(H,18,20)(H2,16,19,22)/t10-/m1/s1. The summed E-state index contributed by atoms with van der Waals surface area (Å²) in [6.07, 6.45) is 0.379. The second-order valence-corrected chi connectivity index (χ2v) is 7.83. The van der Waals surface area contributed by atoms with Crippen LogP contribution in [0.15, 0.2) is 28.6 Å². The van der Waals surface area contributed by atoms with Gasteiger partial charge in [-0.05, 0) is 31.3 Å². The van der Waals surface area contributed by atoms with Gasteiger partial charge in [0.15, 0.2) is 9.45 Å². The Labute approximate surface area is 154 Å². The summed E-state index contributed by atoms with van der Waals surface area (Å²) < 4.78 is 7.14. The van der Waals surface area contributed by atoms with Crippen molar-refractivity contribution in [2.45, 2.75) is 23.7 Å². The van der Waals surface area contributed by atoms with E-state index < -0.39 is 0 Å². The van der Waals surface area contributed by atoms with Gasteiger partial charge in [0, 0.05) is 25.3 Å². The number of amides is 1. The first-order chi connectivity index (χ1) is 11.6. The van der Waals surface area contributed by atoms with Crippen molar-refractivity contribution >= 4 is 56.6 Å². The maximum Gasteiger partial charge on any atom is 0.239 e. The number of methoxy groups -OCH3 is 1. The lowest BCUT2D eigenvalue weighted by Crippen LogP contribution is -2.50. The summed E-state index contributed by atoms with van der Waals surface area (Å²) in [5, 5.41) is 3.37. The zero-order chi connectivity index (χ0) is 17.4. The van der Waals surface area contributed by atoms with Gasteiger partial charge in [0.1, 0.15) is 0 Å². The lowest BCUT2D eigenvalue weighted by Gasteiger charge is -2.16. The van der Waals surface area contributed by atoms with E-state index in [9.17, 15) is 4.79 Å². The predicted octanol–water partition coefficient (Wildman–Crippen LogP) is 2.31. The van der Waals surface area contributed by atoms with E-state index in [2.05, 4.69) is 21.2 Å². The fraction of sp³-hybridized carbons (Fsp3) is 0.400. The highest BCUT2D eigenvalue weighted by Gasteiger charge is 2.07. The largest absolute Gasteiger partial charge is 0.383 e. The minimum atomic E-state index is -0.118. The zero-order valence-electron chi connectivity index (χ0n) is 13.5. The number of benzene rings is 1. The number of thiazole rings is 1. The normalized spacial score (nSPS) is 11.9. The van der Waals surface area contributed by atoms with E-state index in [1.807, 2.05) is 31.2 Å². The second kappa shape index (κ2) is 9.77. The minimum absolute atomic E-state index is 0.0708. The van der Waals surface area contributed by atoms with Crippen LogP contribution in [-0.2, 0) is 9.53 Å². The molecule has 0 bridgehead atoms. The summed E-state index contributed by atoms with van der Waals surface area (Å²) in [6.45, 7) is 2.47. The molecule has 24 heavy (non-hydrogen) atoms. The van der Waals surface area contributed by atoms with Crippen molar-refractivity contribution in [2.75, 3.05) is 19.5 Å². The van der Waals surface area contributed by atoms with Gasteiger partial charge < -0.3 is 10.1 Å². The summed E-state index contributed by atoms with van der Waals surface area (Å²) >= 11 is 8.30. The maximum atomic E-state index is 11.8. The van der Waals surface area contributed by atoms with Crippen molar-refractivity contribution in [3.05, 3.63) is 24.3 Å². The number of carbonyl (C=O) groups is 1. The maximum absolute atomic E-state index is 11.8. The Morgan fingerprint density at radius 3 is 2.96 bits per heavy atom. The number of hydrazine groups is 1. The Morgan fingerprint density at radius 1 is 1.42 bits per heavy atom. The fourth-order valence-corrected chi connectivity index (χ4v) is 4.21. The quantitative estimate of drug-likeness (QED) is 0.384. The number of ether oxygens (including phenoxy) is 1. The van der Waals surface area contributed by atoms with Gasteiger partial charge in [-0.3, -0.25) is 15.6 Å². The molecule has 1 heterocycles. The number of para-hydroxylation sites is 1. The first kappa shape index (κ1) is 18.9. The number of thiocarbonyl (C=S) groups is 1. The van der Waals surface area contributed by atoms with Crippen molar-refractivity contribution in [1.29, 1.82) is 0 Å². The second-order valence-electron chi connectivity index (χ2n) is 5.05. The van der Waals surface area contributed by atoms with Crippen molar-refractivity contribution < 1.29 is 9.53 Å². The number of thioether (sulfide) groups is 1. The van der Waals surface area contributed by atoms with Crippen molar-refractivity contribution in [1.82, 2.24) is 21.2 Å². The van der Waals surface area contributed by atoms with Crippen LogP contribution in [0.4, 0.5) is 0 Å². The van der Waals surface area contributed by atoms with E-state index in [1.165, 1.54) is 0 Å². The van der Waals surface area contributed by atoms with Crippen LogP contribution in [0, 0.1) is 0 Å². The molecule has 1 atom stereocenters. The molecule has 0 spiro atoms. The summed E-state index contributed by atoms with van der Waals surface area (Å²) in [5.74, 6) is 0.542. The number of nitrogens with zero attached hydrogens (tertiary/aromatic N) is 1. The van der Waals surface area contributed by atoms with Crippen LogP contribution < -0.4 is 16.2 Å². The zero-order valence-corrected chi connectivity index (χ0v) is 15.9. The molecule has 3 N–H and O–H groups in total. The van der Waals surface area contributed by atoms with Crippen LogP contribution in [0.2, 0.25) is 0 Å². The molecule has 0 saturated heterocycles. The number of fused-ring (bicyclic) bond motifs is 1. The molecule has 2 aromatic rings. The molecule has 1 aromatic carbocycles. The molecule has 1 amide bonds. The topological polar surface area (TPSA) is 75.3 Å². The van der Waals surface area contributed by atoms with Crippen LogP contribution in [0.3, 0.4) is 0 Å². The minimum Gasteiger partial charge on any atom is -0.383 e. The monoisotopic (exact) mass is 384 g/mol. The average Bonchev–Trinajstić information content (AvgIpc) is 2.96. The van der Waals surface area contributed by atoms with Crippen LogP contribution >= 0.6 is 35.3 Å². The number of nitrogens with one attached hydrogen (secondary N) is 3. The van der Waals surface area contributed by atoms with Crippen LogP contribution in [0.1, 0.15) is 13.3 Å². The summed E-state index contributed by atoms with van der Waals surface area (Å²) in [4.78, 5) is 16.3. The van der Waals surface area contributed by atoms with Crippen molar-refractivity contribution in [2.24, 2.45) is 0 Å². The summed E-state index contributed by atoms with van der Waals surface area (Å²) in [7, 11) is 1.62. The lowest BCUT2D eigenvalue weighted by atomic mass is 10.3. The average molecular weight is 385 g/mol. The van der Waals surface area contributed by atoms with Crippen LogP contribution in [-0.4, -0.2) is 41.5 Å². The Hall–Kier alpha value is -1.42. The number of aromatic nitrogens is 1. The van der Waals surface area contributed by atoms with Crippen molar-refractivity contribution in [3.8, 4) is 0 Å². The Bertz CT molecular complexity index is 659. The Morgan fingerprint density at radius 2 is 2.21 bits per heavy atom. The molecule has 0 aliphatic rings. The molecular weight excluding hydrogens is 364 g/mol. The molecule has 9 heteroatoms. The number of hydrogen-bond acceptors (Lipinski definition) is 6. The van der Waals surface area contributed by atoms with Gasteiger partial charge >= 0.3 is 0 Å². The molecule has 0 aliphatic heterocycles. The van der Waals surface area contributed by atoms with Gasteiger partial charge in [-0.15, -0.1) is 11.3 Å². The fourth-order valence-electron chi connectivity index (χ4n) is 1.88. The predicted molar refractivity (Wildman–Crippen MR) is 103 cm³/mol. The third kappa shape index (κ3) is 6.23. The molecule has 0 unspecified atom stereocenters. The van der Waals surface area contributed by atoms with Gasteiger partial charge in [-0.1, -0.05) is 23.9 Å². The first-order valence-corrected chi connectivity index (χ1v) is 9.62. The highest BCUT2D eigenvalue weighted by Crippen LogP contribution is 2.29. The molecule has 130 valence electrons. The highest BCUT2D eigenvalue weighted by molar-refractivity contribution is 8.01. The van der Waals surface area contributed by atoms with Gasteiger partial charge in [-0.2, -0.15) is 0 Å². The van der Waals surface area contributed by atoms with Crippen LogP contribution in [0.25, 0.3) is 10.2 Å². The molecule has 0 saturated carbocycles. The Kier molecular flexibility index (Phi) is 7.70. The molecule has 0 fully saturated rings. The molecule has 6 nitrogen and oxygen atoms in total. The van der Waals surface area contributed by atoms with Gasteiger partial charge in [-0.25, -0.2) is 4.98 Å². The van der Waals surface area contributed by atoms with E-state index in [0.29, 0.717) is 23.9 Å². The van der Waals surface area contributed by atoms with E-state index in [4.69, 9.17) is 17.0 Å².